The molecule has 1 heterocycles. The number of aliphatic hydroxyl groups is 1. The van der Waals surface area contributed by atoms with Crippen molar-refractivity contribution in [3.63, 3.8) is 0 Å². The van der Waals surface area contributed by atoms with Crippen molar-refractivity contribution in [1.29, 1.82) is 0 Å². The summed E-state index contributed by atoms with van der Waals surface area (Å²) in [5.41, 5.74) is -0.335. The number of hydrogen-bond donors (Lipinski definition) is 2. The van der Waals surface area contributed by atoms with E-state index < -0.39 is 0 Å². The fourth-order valence-corrected chi connectivity index (χ4v) is 1.66. The first kappa shape index (κ1) is 13.4. The van der Waals surface area contributed by atoms with Crippen LogP contribution >= 0.6 is 15.9 Å². The number of aromatic nitrogens is 2. The summed E-state index contributed by atoms with van der Waals surface area (Å²) >= 11 is 3.35. The zero-order chi connectivity index (χ0) is 12.2. The maximum absolute atomic E-state index is 9.32. The van der Waals surface area contributed by atoms with E-state index in [-0.39, 0.29) is 12.1 Å². The maximum atomic E-state index is 9.32. The summed E-state index contributed by atoms with van der Waals surface area (Å²) in [6, 6.07) is 1.82. The van der Waals surface area contributed by atoms with Crippen LogP contribution in [-0.2, 0) is 6.42 Å². The van der Waals surface area contributed by atoms with Crippen LogP contribution in [0.15, 0.2) is 10.7 Å². The van der Waals surface area contributed by atoms with Crippen molar-refractivity contribution in [2.75, 3.05) is 11.9 Å². The van der Waals surface area contributed by atoms with E-state index >= 15 is 0 Å². The average molecular weight is 288 g/mol. The Bertz CT molecular complexity index is 353. The van der Waals surface area contributed by atoms with Crippen molar-refractivity contribution in [2.24, 2.45) is 0 Å². The lowest BCUT2D eigenvalue weighted by molar-refractivity contribution is 0.218. The van der Waals surface area contributed by atoms with Crippen LogP contribution in [-0.4, -0.2) is 27.2 Å². The van der Waals surface area contributed by atoms with Gasteiger partial charge in [0, 0.05) is 12.5 Å². The topological polar surface area (TPSA) is 58.0 Å². The average Bonchev–Trinajstić information content (AvgIpc) is 2.28. The van der Waals surface area contributed by atoms with E-state index in [2.05, 4.69) is 31.2 Å². The minimum absolute atomic E-state index is 0.0760. The smallest absolute Gasteiger partial charge is 0.131 e. The molecule has 2 N–H and O–H groups in total. The van der Waals surface area contributed by atoms with Crippen molar-refractivity contribution >= 4 is 21.7 Å². The zero-order valence-corrected chi connectivity index (χ0v) is 11.5. The molecular formula is C11H18BrN3O. The van der Waals surface area contributed by atoms with E-state index in [9.17, 15) is 5.11 Å². The second kappa shape index (κ2) is 5.59. The van der Waals surface area contributed by atoms with Gasteiger partial charge in [0.1, 0.15) is 16.2 Å². The third kappa shape index (κ3) is 3.42. The summed E-state index contributed by atoms with van der Waals surface area (Å²) in [7, 11) is 0. The third-order valence-corrected chi connectivity index (χ3v) is 3.02. The number of aryl methyl sites for hydroxylation is 1. The molecule has 0 saturated carbocycles. The molecular weight excluding hydrogens is 270 g/mol. The van der Waals surface area contributed by atoms with Crippen molar-refractivity contribution in [3.8, 4) is 0 Å². The minimum atomic E-state index is -0.335. The van der Waals surface area contributed by atoms with E-state index in [1.807, 2.05) is 26.8 Å². The monoisotopic (exact) mass is 287 g/mol. The largest absolute Gasteiger partial charge is 0.394 e. The predicted molar refractivity (Wildman–Crippen MR) is 68.5 cm³/mol. The number of aliphatic hydroxyl groups excluding tert-OH is 1. The number of hydrogen-bond acceptors (Lipinski definition) is 4. The second-order valence-electron chi connectivity index (χ2n) is 4.04. The molecule has 1 aromatic heterocycles. The van der Waals surface area contributed by atoms with Crippen molar-refractivity contribution < 1.29 is 5.11 Å². The lowest BCUT2D eigenvalue weighted by atomic mass is 10.0. The Labute approximate surface area is 105 Å². The van der Waals surface area contributed by atoms with Crippen molar-refractivity contribution in [2.45, 2.75) is 39.2 Å². The van der Waals surface area contributed by atoms with Gasteiger partial charge in [0.25, 0.3) is 0 Å². The molecule has 4 nitrogen and oxygen atoms in total. The number of nitrogens with one attached hydrogen (secondary N) is 1. The summed E-state index contributed by atoms with van der Waals surface area (Å²) < 4.78 is 0.762. The fraction of sp³-hybridized carbons (Fsp3) is 0.636. The van der Waals surface area contributed by atoms with Gasteiger partial charge in [-0.2, -0.15) is 0 Å². The Morgan fingerprint density at radius 3 is 2.62 bits per heavy atom. The molecule has 1 unspecified atom stereocenters. The predicted octanol–water partition coefficient (Wildman–Crippen LogP) is 2.37. The summed E-state index contributed by atoms with van der Waals surface area (Å²) in [5, 5.41) is 12.6. The standard InChI is InChI=1S/C11H18BrN3O/c1-4-9-13-8(12)6-10(14-9)15-11(3,5-2)7-16/h6,16H,4-5,7H2,1-3H3,(H,13,14,15). The van der Waals surface area contributed by atoms with Gasteiger partial charge < -0.3 is 10.4 Å². The second-order valence-corrected chi connectivity index (χ2v) is 4.86. The first-order valence-corrected chi connectivity index (χ1v) is 6.24. The normalized spacial score (nSPS) is 14.6. The van der Waals surface area contributed by atoms with E-state index in [4.69, 9.17) is 0 Å². The molecule has 5 heteroatoms. The molecule has 1 rings (SSSR count). The molecule has 0 spiro atoms. The summed E-state index contributed by atoms with van der Waals surface area (Å²) in [6.07, 6.45) is 1.61. The molecule has 0 radical (unpaired) electrons. The lowest BCUT2D eigenvalue weighted by Crippen LogP contribution is -2.38. The van der Waals surface area contributed by atoms with Gasteiger partial charge in [-0.1, -0.05) is 13.8 Å². The Morgan fingerprint density at radius 2 is 2.12 bits per heavy atom. The van der Waals surface area contributed by atoms with Crippen LogP contribution < -0.4 is 5.32 Å². The van der Waals surface area contributed by atoms with Crippen LogP contribution in [0.2, 0.25) is 0 Å². The highest BCUT2D eigenvalue weighted by atomic mass is 79.9. The van der Waals surface area contributed by atoms with Crippen molar-refractivity contribution in [1.82, 2.24) is 9.97 Å². The molecule has 1 atom stereocenters. The molecule has 90 valence electrons. The number of halogens is 1. The first-order chi connectivity index (χ1) is 7.53. The van der Waals surface area contributed by atoms with Gasteiger partial charge in [-0.05, 0) is 29.3 Å². The first-order valence-electron chi connectivity index (χ1n) is 5.45. The fourth-order valence-electron chi connectivity index (χ4n) is 1.24. The molecule has 0 aromatic carbocycles. The van der Waals surface area contributed by atoms with Gasteiger partial charge in [-0.3, -0.25) is 0 Å². The molecule has 0 aliphatic rings. The summed E-state index contributed by atoms with van der Waals surface area (Å²) in [6.45, 7) is 6.08. The molecule has 0 fully saturated rings. The van der Waals surface area contributed by atoms with Gasteiger partial charge in [0.2, 0.25) is 0 Å². The highest BCUT2D eigenvalue weighted by molar-refractivity contribution is 9.10. The van der Waals surface area contributed by atoms with E-state index in [1.165, 1.54) is 0 Å². The van der Waals surface area contributed by atoms with Gasteiger partial charge in [-0.25, -0.2) is 9.97 Å². The molecule has 0 aliphatic heterocycles. The van der Waals surface area contributed by atoms with Gasteiger partial charge in [0.15, 0.2) is 0 Å². The van der Waals surface area contributed by atoms with Crippen LogP contribution in [0.4, 0.5) is 5.82 Å². The van der Waals surface area contributed by atoms with E-state index in [1.54, 1.807) is 0 Å². The molecule has 0 bridgehead atoms. The van der Waals surface area contributed by atoms with Crippen LogP contribution in [0.1, 0.15) is 33.0 Å². The number of anilines is 1. The minimum Gasteiger partial charge on any atom is -0.394 e. The Kier molecular flexibility index (Phi) is 4.68. The summed E-state index contributed by atoms with van der Waals surface area (Å²) in [5.74, 6) is 1.53. The SMILES string of the molecule is CCc1nc(Br)cc(NC(C)(CC)CO)n1. The Hall–Kier alpha value is -0.680. The Balaban J connectivity index is 2.92. The number of rotatable bonds is 5. The Morgan fingerprint density at radius 1 is 1.44 bits per heavy atom. The van der Waals surface area contributed by atoms with Crippen molar-refractivity contribution in [3.05, 3.63) is 16.5 Å². The van der Waals surface area contributed by atoms with Gasteiger partial charge in [-0.15, -0.1) is 0 Å². The molecule has 0 aliphatic carbocycles. The van der Waals surface area contributed by atoms with Gasteiger partial charge >= 0.3 is 0 Å². The van der Waals surface area contributed by atoms with Crippen LogP contribution in [0.5, 0.6) is 0 Å². The third-order valence-electron chi connectivity index (χ3n) is 2.62. The van der Waals surface area contributed by atoms with Crippen LogP contribution in [0.3, 0.4) is 0 Å². The highest BCUT2D eigenvalue weighted by Gasteiger charge is 2.21. The van der Waals surface area contributed by atoms with Gasteiger partial charge in [0.05, 0.1) is 12.1 Å². The zero-order valence-electron chi connectivity index (χ0n) is 9.92. The molecule has 0 amide bonds. The van der Waals surface area contributed by atoms with Crippen LogP contribution in [0.25, 0.3) is 0 Å². The molecule has 16 heavy (non-hydrogen) atoms. The molecule has 0 saturated heterocycles. The quantitative estimate of drug-likeness (QED) is 0.817. The number of nitrogens with zero attached hydrogens (tertiary/aromatic N) is 2. The summed E-state index contributed by atoms with van der Waals surface area (Å²) in [4.78, 5) is 8.61. The van der Waals surface area contributed by atoms with E-state index in [0.29, 0.717) is 0 Å². The lowest BCUT2D eigenvalue weighted by Gasteiger charge is -2.27. The van der Waals surface area contributed by atoms with E-state index in [0.717, 1.165) is 29.1 Å². The maximum Gasteiger partial charge on any atom is 0.131 e. The molecule has 1 aromatic rings. The van der Waals surface area contributed by atoms with Crippen LogP contribution in [0, 0.1) is 0 Å². The highest BCUT2D eigenvalue weighted by Crippen LogP contribution is 2.19.